The van der Waals surface area contributed by atoms with Gasteiger partial charge in [0.1, 0.15) is 5.58 Å². The van der Waals surface area contributed by atoms with Crippen LogP contribution in [0.1, 0.15) is 0 Å². The van der Waals surface area contributed by atoms with Crippen LogP contribution in [0.4, 0.5) is 0 Å². The van der Waals surface area contributed by atoms with Gasteiger partial charge in [-0.2, -0.15) is 0 Å². The Bertz CT molecular complexity index is 3450. The summed E-state index contributed by atoms with van der Waals surface area (Å²) in [7, 11) is 0. The van der Waals surface area contributed by atoms with Crippen molar-refractivity contribution < 1.29 is 4.42 Å². The standard InChI is InChI=1S/C52H30OS/c1-2-11-32-26-37(23-20-31(32)10-1)50-42-17-5-3-15-40(42)49(41-16-4-6-18-43(41)50)36-13-9-12-33(27-36)34-21-22-35-29-46-44-24-25-45-39-14-7-8-19-48(39)54-52(45)51(44)53-47(46)30-38(35)28-34/h1-30H. The first-order chi connectivity index (χ1) is 26.7. The van der Waals surface area contributed by atoms with Crippen LogP contribution < -0.4 is 0 Å². The Morgan fingerprint density at radius 3 is 1.65 bits per heavy atom. The molecule has 2 heteroatoms. The molecule has 0 aliphatic carbocycles. The van der Waals surface area contributed by atoms with Gasteiger partial charge in [-0.3, -0.25) is 0 Å². The van der Waals surface area contributed by atoms with E-state index in [9.17, 15) is 0 Å². The molecule has 0 unspecified atom stereocenters. The van der Waals surface area contributed by atoms with Crippen molar-refractivity contribution in [3.63, 3.8) is 0 Å². The van der Waals surface area contributed by atoms with Crippen LogP contribution in [0, 0.1) is 0 Å². The van der Waals surface area contributed by atoms with Gasteiger partial charge in [-0.25, -0.2) is 0 Å². The zero-order chi connectivity index (χ0) is 35.3. The fourth-order valence-corrected chi connectivity index (χ4v) is 10.1. The second kappa shape index (κ2) is 11.4. The number of benzene rings is 10. The Labute approximate surface area is 314 Å². The monoisotopic (exact) mass is 702 g/mol. The molecule has 0 saturated heterocycles. The number of hydrogen-bond acceptors (Lipinski definition) is 2. The fourth-order valence-electron chi connectivity index (χ4n) is 8.89. The molecular formula is C52H30OS. The topological polar surface area (TPSA) is 13.1 Å². The molecule has 2 aromatic heterocycles. The Hall–Kier alpha value is -6.74. The molecule has 54 heavy (non-hydrogen) atoms. The van der Waals surface area contributed by atoms with Crippen LogP contribution in [-0.2, 0) is 0 Å². The summed E-state index contributed by atoms with van der Waals surface area (Å²) >= 11 is 1.82. The summed E-state index contributed by atoms with van der Waals surface area (Å²) in [5.41, 5.74) is 9.30. The van der Waals surface area contributed by atoms with Gasteiger partial charge in [0.2, 0.25) is 0 Å². The number of furan rings is 1. The maximum atomic E-state index is 6.68. The van der Waals surface area contributed by atoms with E-state index in [2.05, 4.69) is 182 Å². The number of thiophene rings is 1. The lowest BCUT2D eigenvalue weighted by molar-refractivity contribution is 0.674. The predicted molar refractivity (Wildman–Crippen MR) is 233 cm³/mol. The molecule has 0 radical (unpaired) electrons. The SMILES string of the molecule is c1cc(-c2ccc3cc4c(cc3c2)oc2c4ccc3c4ccccc4sc32)cc(-c2c3ccccc3c(-c3ccc4ccccc4c3)c3ccccc23)c1. The smallest absolute Gasteiger partial charge is 0.153 e. The average Bonchev–Trinajstić information content (AvgIpc) is 3.79. The zero-order valence-corrected chi connectivity index (χ0v) is 30.0. The van der Waals surface area contributed by atoms with E-state index in [1.807, 2.05) is 11.3 Å². The zero-order valence-electron chi connectivity index (χ0n) is 29.1. The third-order valence-corrected chi connectivity index (χ3v) is 12.6. The van der Waals surface area contributed by atoms with Gasteiger partial charge in [0.05, 0.1) is 4.70 Å². The average molecular weight is 703 g/mol. The molecule has 0 N–H and O–H groups in total. The number of rotatable bonds is 3. The molecule has 0 aliphatic rings. The van der Waals surface area contributed by atoms with Crippen LogP contribution in [-0.4, -0.2) is 0 Å². The van der Waals surface area contributed by atoms with E-state index in [1.54, 1.807) is 0 Å². The minimum absolute atomic E-state index is 0.929. The first-order valence-corrected chi connectivity index (χ1v) is 19.3. The van der Waals surface area contributed by atoms with Gasteiger partial charge in [-0.1, -0.05) is 140 Å². The quantitative estimate of drug-likeness (QED) is 0.167. The molecule has 0 atom stereocenters. The van der Waals surface area contributed by atoms with Gasteiger partial charge in [-0.05, 0) is 119 Å². The molecule has 2 heterocycles. The highest BCUT2D eigenvalue weighted by atomic mass is 32.1. The molecular weight excluding hydrogens is 673 g/mol. The molecule has 0 bridgehead atoms. The van der Waals surface area contributed by atoms with E-state index >= 15 is 0 Å². The van der Waals surface area contributed by atoms with E-state index in [-0.39, 0.29) is 0 Å². The van der Waals surface area contributed by atoms with Crippen LogP contribution in [0.5, 0.6) is 0 Å². The Kier molecular flexibility index (Phi) is 6.28. The van der Waals surface area contributed by atoms with Crippen LogP contribution in [0.15, 0.2) is 186 Å². The summed E-state index contributed by atoms with van der Waals surface area (Å²) in [5, 5.41) is 14.8. The van der Waals surface area contributed by atoms with Crippen molar-refractivity contribution in [2.45, 2.75) is 0 Å². The minimum Gasteiger partial charge on any atom is -0.455 e. The van der Waals surface area contributed by atoms with Crippen molar-refractivity contribution >= 4 is 96.5 Å². The van der Waals surface area contributed by atoms with E-state index in [4.69, 9.17) is 4.42 Å². The van der Waals surface area contributed by atoms with Crippen LogP contribution in [0.25, 0.3) is 119 Å². The van der Waals surface area contributed by atoms with Crippen molar-refractivity contribution in [2.75, 3.05) is 0 Å². The fraction of sp³-hybridized carbons (Fsp3) is 0. The third kappa shape index (κ3) is 4.38. The molecule has 0 fully saturated rings. The lowest BCUT2D eigenvalue weighted by atomic mass is 9.85. The normalized spacial score (nSPS) is 12.1. The molecule has 1 nitrogen and oxygen atoms in total. The molecule has 10 aromatic carbocycles. The number of hydrogen-bond donors (Lipinski definition) is 0. The highest BCUT2D eigenvalue weighted by Crippen LogP contribution is 2.46. The van der Waals surface area contributed by atoms with Crippen LogP contribution in [0.3, 0.4) is 0 Å². The van der Waals surface area contributed by atoms with Crippen molar-refractivity contribution in [2.24, 2.45) is 0 Å². The van der Waals surface area contributed by atoms with Gasteiger partial charge in [-0.15, -0.1) is 11.3 Å². The summed E-state index contributed by atoms with van der Waals surface area (Å²) in [4.78, 5) is 0. The molecule has 12 rings (SSSR count). The Morgan fingerprint density at radius 2 is 0.870 bits per heavy atom. The second-order valence-corrected chi connectivity index (χ2v) is 15.5. The summed E-state index contributed by atoms with van der Waals surface area (Å²) in [6, 6.07) is 66.9. The highest BCUT2D eigenvalue weighted by Gasteiger charge is 2.18. The van der Waals surface area contributed by atoms with Crippen molar-refractivity contribution in [1.82, 2.24) is 0 Å². The van der Waals surface area contributed by atoms with Crippen molar-refractivity contribution in [3.8, 4) is 33.4 Å². The number of fused-ring (bicyclic) bond motifs is 11. The summed E-state index contributed by atoms with van der Waals surface area (Å²) in [6.45, 7) is 0. The van der Waals surface area contributed by atoms with E-state index in [0.29, 0.717) is 0 Å². The van der Waals surface area contributed by atoms with Gasteiger partial charge in [0, 0.05) is 26.2 Å². The van der Waals surface area contributed by atoms with Crippen molar-refractivity contribution in [1.29, 1.82) is 0 Å². The van der Waals surface area contributed by atoms with Crippen LogP contribution in [0.2, 0.25) is 0 Å². The lowest BCUT2D eigenvalue weighted by Crippen LogP contribution is -1.91. The Morgan fingerprint density at radius 1 is 0.315 bits per heavy atom. The molecule has 0 spiro atoms. The second-order valence-electron chi connectivity index (χ2n) is 14.4. The largest absolute Gasteiger partial charge is 0.455 e. The first kappa shape index (κ1) is 29.8. The maximum absolute atomic E-state index is 6.68. The van der Waals surface area contributed by atoms with Gasteiger partial charge >= 0.3 is 0 Å². The molecule has 0 aliphatic heterocycles. The van der Waals surface area contributed by atoms with Gasteiger partial charge in [0.25, 0.3) is 0 Å². The minimum atomic E-state index is 0.929. The molecule has 250 valence electrons. The summed E-state index contributed by atoms with van der Waals surface area (Å²) in [5.74, 6) is 0. The predicted octanol–water partition coefficient (Wildman–Crippen LogP) is 15.6. The molecule has 12 aromatic rings. The third-order valence-electron chi connectivity index (χ3n) is 11.4. The van der Waals surface area contributed by atoms with E-state index < -0.39 is 0 Å². The summed E-state index contributed by atoms with van der Waals surface area (Å²) < 4.78 is 9.19. The molecule has 0 saturated carbocycles. The van der Waals surface area contributed by atoms with E-state index in [1.165, 1.54) is 102 Å². The van der Waals surface area contributed by atoms with E-state index in [0.717, 1.165) is 16.6 Å². The van der Waals surface area contributed by atoms with Gasteiger partial charge < -0.3 is 4.42 Å². The summed E-state index contributed by atoms with van der Waals surface area (Å²) in [6.07, 6.45) is 0. The Balaban J connectivity index is 1.01. The first-order valence-electron chi connectivity index (χ1n) is 18.5. The van der Waals surface area contributed by atoms with Crippen LogP contribution >= 0.6 is 11.3 Å². The van der Waals surface area contributed by atoms with Gasteiger partial charge in [0.15, 0.2) is 5.58 Å². The lowest BCUT2D eigenvalue weighted by Gasteiger charge is -2.18. The maximum Gasteiger partial charge on any atom is 0.153 e. The molecule has 0 amide bonds. The highest BCUT2D eigenvalue weighted by molar-refractivity contribution is 7.26. The van der Waals surface area contributed by atoms with Crippen molar-refractivity contribution in [3.05, 3.63) is 182 Å².